The molecule has 0 heterocycles. The molecule has 0 aromatic heterocycles. The Morgan fingerprint density at radius 1 is 1.07 bits per heavy atom. The third-order valence-electron chi connectivity index (χ3n) is 3.11. The van der Waals surface area contributed by atoms with Gasteiger partial charge in [0.15, 0.2) is 0 Å². The predicted molar refractivity (Wildman–Crippen MR) is 60.4 cm³/mol. The molecule has 0 saturated heterocycles. The molecule has 1 nitrogen and oxygen atoms in total. The molecule has 0 spiro atoms. The van der Waals surface area contributed by atoms with Crippen LogP contribution in [0.4, 0.5) is 0 Å². The summed E-state index contributed by atoms with van der Waals surface area (Å²) in [7, 11) is 1.80. The highest BCUT2D eigenvalue weighted by Gasteiger charge is 2.27. The molecule has 0 atom stereocenters. The van der Waals surface area contributed by atoms with E-state index in [0.717, 1.165) is 12.8 Å². The van der Waals surface area contributed by atoms with Gasteiger partial charge in [-0.15, -0.1) is 0 Å². The fourth-order valence-corrected chi connectivity index (χ4v) is 1.92. The highest BCUT2D eigenvalue weighted by molar-refractivity contribution is 5.26. The molecular formula is C13H20O. The normalized spacial score (nSPS) is 11.7. The molecule has 78 valence electrons. The van der Waals surface area contributed by atoms with Gasteiger partial charge in [0.25, 0.3) is 0 Å². The zero-order valence-electron chi connectivity index (χ0n) is 9.63. The summed E-state index contributed by atoms with van der Waals surface area (Å²) >= 11 is 0. The number of methoxy groups -OCH3 is 1. The lowest BCUT2D eigenvalue weighted by Crippen LogP contribution is -2.26. The Morgan fingerprint density at radius 2 is 1.57 bits per heavy atom. The summed E-state index contributed by atoms with van der Waals surface area (Å²) in [5.74, 6) is 0. The average molecular weight is 192 g/mol. The summed E-state index contributed by atoms with van der Waals surface area (Å²) in [6, 6.07) is 8.64. The van der Waals surface area contributed by atoms with E-state index in [1.165, 1.54) is 11.1 Å². The number of hydrogen-bond donors (Lipinski definition) is 0. The van der Waals surface area contributed by atoms with Gasteiger partial charge in [0.1, 0.15) is 0 Å². The van der Waals surface area contributed by atoms with Crippen molar-refractivity contribution in [1.29, 1.82) is 0 Å². The number of hydrogen-bond acceptors (Lipinski definition) is 1. The van der Waals surface area contributed by atoms with Crippen LogP contribution >= 0.6 is 0 Å². The maximum atomic E-state index is 5.66. The zero-order chi connectivity index (χ0) is 10.6. The second-order valence-electron chi connectivity index (χ2n) is 3.77. The van der Waals surface area contributed by atoms with Crippen molar-refractivity contribution in [2.45, 2.75) is 39.2 Å². The van der Waals surface area contributed by atoms with Crippen molar-refractivity contribution in [2.24, 2.45) is 0 Å². The molecule has 0 aliphatic rings. The fourth-order valence-electron chi connectivity index (χ4n) is 1.92. The van der Waals surface area contributed by atoms with Crippen molar-refractivity contribution in [1.82, 2.24) is 0 Å². The molecule has 0 fully saturated rings. The Labute approximate surface area is 87.1 Å². The molecule has 1 heteroatoms. The van der Waals surface area contributed by atoms with Gasteiger partial charge >= 0.3 is 0 Å². The van der Waals surface area contributed by atoms with Crippen LogP contribution in [0.2, 0.25) is 0 Å². The Hall–Kier alpha value is -0.820. The molecule has 0 aliphatic carbocycles. The van der Waals surface area contributed by atoms with Crippen LogP contribution < -0.4 is 0 Å². The molecule has 0 aliphatic heterocycles. The van der Waals surface area contributed by atoms with E-state index in [9.17, 15) is 0 Å². The van der Waals surface area contributed by atoms with Crippen molar-refractivity contribution in [2.75, 3.05) is 7.11 Å². The Balaban J connectivity index is 3.05. The summed E-state index contributed by atoms with van der Waals surface area (Å²) in [6.07, 6.45) is 2.03. The SMILES string of the molecule is CCC(CC)(OC)c1ccc(C)cc1. The number of aryl methyl sites for hydroxylation is 1. The van der Waals surface area contributed by atoms with Gasteiger partial charge in [-0.2, -0.15) is 0 Å². The number of rotatable bonds is 4. The molecule has 0 saturated carbocycles. The van der Waals surface area contributed by atoms with E-state index in [-0.39, 0.29) is 5.60 Å². The average Bonchev–Trinajstić information content (AvgIpc) is 2.24. The van der Waals surface area contributed by atoms with Crippen LogP contribution in [0.15, 0.2) is 24.3 Å². The first-order valence-corrected chi connectivity index (χ1v) is 5.31. The molecule has 0 unspecified atom stereocenters. The quantitative estimate of drug-likeness (QED) is 0.707. The van der Waals surface area contributed by atoms with Gasteiger partial charge in [0, 0.05) is 7.11 Å². The highest BCUT2D eigenvalue weighted by atomic mass is 16.5. The minimum atomic E-state index is -0.0896. The summed E-state index contributed by atoms with van der Waals surface area (Å²) in [6.45, 7) is 6.45. The van der Waals surface area contributed by atoms with Gasteiger partial charge in [-0.25, -0.2) is 0 Å². The van der Waals surface area contributed by atoms with Crippen molar-refractivity contribution in [3.05, 3.63) is 35.4 Å². The van der Waals surface area contributed by atoms with Gasteiger partial charge in [-0.3, -0.25) is 0 Å². The number of ether oxygens (including phenoxy) is 1. The van der Waals surface area contributed by atoms with Crippen LogP contribution in [0.5, 0.6) is 0 Å². The lowest BCUT2D eigenvalue weighted by molar-refractivity contribution is -0.0217. The van der Waals surface area contributed by atoms with E-state index < -0.39 is 0 Å². The standard InChI is InChI=1S/C13H20O/c1-5-13(6-2,14-4)12-9-7-11(3)8-10-12/h7-10H,5-6H2,1-4H3. The third-order valence-corrected chi connectivity index (χ3v) is 3.11. The van der Waals surface area contributed by atoms with E-state index >= 15 is 0 Å². The van der Waals surface area contributed by atoms with Crippen LogP contribution in [0.1, 0.15) is 37.8 Å². The summed E-state index contributed by atoms with van der Waals surface area (Å²) in [4.78, 5) is 0. The molecule has 1 aromatic rings. The highest BCUT2D eigenvalue weighted by Crippen LogP contribution is 2.32. The van der Waals surface area contributed by atoms with Crippen molar-refractivity contribution in [3.8, 4) is 0 Å². The minimum absolute atomic E-state index is 0.0896. The van der Waals surface area contributed by atoms with Gasteiger partial charge < -0.3 is 4.74 Å². The van der Waals surface area contributed by atoms with Gasteiger partial charge in [-0.1, -0.05) is 43.7 Å². The molecule has 1 aromatic carbocycles. The van der Waals surface area contributed by atoms with E-state index in [1.54, 1.807) is 7.11 Å². The fraction of sp³-hybridized carbons (Fsp3) is 0.538. The van der Waals surface area contributed by atoms with E-state index in [1.807, 2.05) is 0 Å². The Morgan fingerprint density at radius 3 is 1.93 bits per heavy atom. The lowest BCUT2D eigenvalue weighted by Gasteiger charge is -2.30. The third kappa shape index (κ3) is 1.98. The summed E-state index contributed by atoms with van der Waals surface area (Å²) in [5, 5.41) is 0. The lowest BCUT2D eigenvalue weighted by atomic mass is 9.88. The molecule has 1 rings (SSSR count). The molecule has 0 bridgehead atoms. The van der Waals surface area contributed by atoms with Crippen molar-refractivity contribution < 1.29 is 4.74 Å². The molecule has 14 heavy (non-hydrogen) atoms. The largest absolute Gasteiger partial charge is 0.374 e. The van der Waals surface area contributed by atoms with E-state index in [2.05, 4.69) is 45.0 Å². The van der Waals surface area contributed by atoms with Crippen molar-refractivity contribution >= 4 is 0 Å². The predicted octanol–water partition coefficient (Wildman–Crippen LogP) is 3.66. The van der Waals surface area contributed by atoms with Crippen molar-refractivity contribution in [3.63, 3.8) is 0 Å². The Kier molecular flexibility index (Phi) is 3.70. The van der Waals surface area contributed by atoms with E-state index in [0.29, 0.717) is 0 Å². The first-order chi connectivity index (χ1) is 6.68. The van der Waals surface area contributed by atoms with Gasteiger partial charge in [0.05, 0.1) is 5.60 Å². The summed E-state index contributed by atoms with van der Waals surface area (Å²) in [5.41, 5.74) is 2.50. The maximum Gasteiger partial charge on any atom is 0.0922 e. The van der Waals surface area contributed by atoms with Crippen LogP contribution in [0.3, 0.4) is 0 Å². The second kappa shape index (κ2) is 4.61. The molecule has 0 N–H and O–H groups in total. The smallest absolute Gasteiger partial charge is 0.0922 e. The van der Waals surface area contributed by atoms with Gasteiger partial charge in [-0.05, 0) is 25.3 Å². The van der Waals surface area contributed by atoms with E-state index in [4.69, 9.17) is 4.74 Å². The first kappa shape index (κ1) is 11.3. The molecule has 0 radical (unpaired) electrons. The first-order valence-electron chi connectivity index (χ1n) is 5.31. The Bertz CT molecular complexity index is 262. The minimum Gasteiger partial charge on any atom is -0.374 e. The van der Waals surface area contributed by atoms with Crippen LogP contribution in [0, 0.1) is 6.92 Å². The van der Waals surface area contributed by atoms with Crippen LogP contribution in [-0.4, -0.2) is 7.11 Å². The molecule has 0 amide bonds. The second-order valence-corrected chi connectivity index (χ2v) is 3.77. The molecular weight excluding hydrogens is 172 g/mol. The maximum absolute atomic E-state index is 5.66. The monoisotopic (exact) mass is 192 g/mol. The topological polar surface area (TPSA) is 9.23 Å². The van der Waals surface area contributed by atoms with Crippen LogP contribution in [0.25, 0.3) is 0 Å². The zero-order valence-corrected chi connectivity index (χ0v) is 9.63. The summed E-state index contributed by atoms with van der Waals surface area (Å²) < 4.78 is 5.66. The van der Waals surface area contributed by atoms with Crippen LogP contribution in [-0.2, 0) is 10.3 Å². The number of benzene rings is 1. The van der Waals surface area contributed by atoms with Gasteiger partial charge in [0.2, 0.25) is 0 Å².